The molecule has 0 aromatic heterocycles. The maximum atomic E-state index is 3.54. The Morgan fingerprint density at radius 1 is 1.33 bits per heavy atom. The molecule has 0 saturated carbocycles. The van der Waals surface area contributed by atoms with E-state index in [-0.39, 0.29) is 0 Å². The maximum absolute atomic E-state index is 3.54. The Hall–Kier alpha value is -0.500. The Labute approximate surface area is 63.2 Å². The van der Waals surface area contributed by atoms with Crippen LogP contribution in [0.15, 0.2) is 28.7 Å². The van der Waals surface area contributed by atoms with Crippen molar-refractivity contribution in [2.75, 3.05) is 5.32 Å². The van der Waals surface area contributed by atoms with Crippen molar-refractivity contribution in [1.29, 1.82) is 0 Å². The lowest BCUT2D eigenvalue weighted by Gasteiger charge is -1.99. The van der Waals surface area contributed by atoms with Crippen LogP contribution in [0.25, 0.3) is 0 Å². The molecular formula is C7H7BrN. The van der Waals surface area contributed by atoms with Crippen LogP contribution in [0.5, 0.6) is 0 Å². The third-order valence-electron chi connectivity index (χ3n) is 1.06. The van der Waals surface area contributed by atoms with Crippen LogP contribution in [0.2, 0.25) is 0 Å². The molecule has 0 saturated heterocycles. The van der Waals surface area contributed by atoms with Gasteiger partial charge in [-0.3, -0.25) is 0 Å². The number of halogens is 1. The summed E-state index contributed by atoms with van der Waals surface area (Å²) >= 11 is 3.35. The first-order valence-electron chi connectivity index (χ1n) is 2.62. The summed E-state index contributed by atoms with van der Waals surface area (Å²) in [6.07, 6.45) is 0. The van der Waals surface area contributed by atoms with Crippen LogP contribution >= 0.6 is 15.9 Å². The quantitative estimate of drug-likeness (QED) is 0.709. The molecule has 1 aromatic carbocycles. The van der Waals surface area contributed by atoms with E-state index in [2.05, 4.69) is 28.3 Å². The Morgan fingerprint density at radius 3 is 2.44 bits per heavy atom. The second-order valence-electron chi connectivity index (χ2n) is 1.66. The van der Waals surface area contributed by atoms with Crippen LogP contribution in [0.1, 0.15) is 0 Å². The van der Waals surface area contributed by atoms with Crippen molar-refractivity contribution in [2.24, 2.45) is 0 Å². The minimum absolute atomic E-state index is 1.01. The first-order valence-corrected chi connectivity index (χ1v) is 3.41. The molecule has 1 radical (unpaired) electrons. The zero-order valence-electron chi connectivity index (χ0n) is 4.89. The summed E-state index contributed by atoms with van der Waals surface area (Å²) in [5.74, 6) is 0. The summed E-state index contributed by atoms with van der Waals surface area (Å²) in [6, 6.07) is 7.84. The molecule has 47 valence electrons. The second-order valence-corrected chi connectivity index (χ2v) is 2.51. The van der Waals surface area contributed by atoms with Crippen LogP contribution in [0.4, 0.5) is 5.69 Å². The predicted molar refractivity (Wildman–Crippen MR) is 43.1 cm³/mol. The average molecular weight is 185 g/mol. The minimum Gasteiger partial charge on any atom is -0.382 e. The standard InChI is InChI=1S/C7H7BrN/c1-9-7-5-3-2-4-6(7)8/h2-5,9H,1H2. The van der Waals surface area contributed by atoms with Gasteiger partial charge in [0.15, 0.2) is 0 Å². The summed E-state index contributed by atoms with van der Waals surface area (Å²) in [7, 11) is 3.54. The third-order valence-corrected chi connectivity index (χ3v) is 1.76. The molecule has 0 spiro atoms. The number of hydrogen-bond acceptors (Lipinski definition) is 1. The van der Waals surface area contributed by atoms with Gasteiger partial charge in [0.25, 0.3) is 0 Å². The summed E-state index contributed by atoms with van der Waals surface area (Å²) < 4.78 is 1.04. The molecule has 0 amide bonds. The third kappa shape index (κ3) is 1.45. The van der Waals surface area contributed by atoms with Gasteiger partial charge in [0.05, 0.1) is 0 Å². The van der Waals surface area contributed by atoms with Crippen molar-refractivity contribution in [1.82, 2.24) is 0 Å². The molecule has 1 N–H and O–H groups in total. The number of rotatable bonds is 1. The van der Waals surface area contributed by atoms with Crippen LogP contribution in [0.3, 0.4) is 0 Å². The van der Waals surface area contributed by atoms with Crippen molar-refractivity contribution in [2.45, 2.75) is 0 Å². The van der Waals surface area contributed by atoms with E-state index < -0.39 is 0 Å². The van der Waals surface area contributed by atoms with Gasteiger partial charge in [0.2, 0.25) is 0 Å². The van der Waals surface area contributed by atoms with Gasteiger partial charge in [-0.2, -0.15) is 0 Å². The van der Waals surface area contributed by atoms with Crippen LogP contribution in [0, 0.1) is 7.05 Å². The maximum Gasteiger partial charge on any atom is 0.0485 e. The number of anilines is 1. The average Bonchev–Trinajstić information content (AvgIpc) is 1.89. The molecule has 1 aromatic rings. The zero-order valence-corrected chi connectivity index (χ0v) is 6.48. The van der Waals surface area contributed by atoms with Gasteiger partial charge in [-0.15, -0.1) is 0 Å². The summed E-state index contributed by atoms with van der Waals surface area (Å²) in [5, 5.41) is 2.80. The van der Waals surface area contributed by atoms with E-state index in [1.807, 2.05) is 24.3 Å². The SMILES string of the molecule is [CH2]Nc1ccccc1Br. The molecule has 2 heteroatoms. The topological polar surface area (TPSA) is 12.0 Å². The van der Waals surface area contributed by atoms with E-state index in [1.54, 1.807) is 0 Å². The van der Waals surface area contributed by atoms with E-state index in [0.717, 1.165) is 10.2 Å². The van der Waals surface area contributed by atoms with E-state index in [1.165, 1.54) is 0 Å². The van der Waals surface area contributed by atoms with E-state index in [0.29, 0.717) is 0 Å². The van der Waals surface area contributed by atoms with Gasteiger partial charge in [0.1, 0.15) is 0 Å². The molecule has 0 unspecified atom stereocenters. The number of nitrogens with one attached hydrogen (secondary N) is 1. The molecule has 0 aliphatic rings. The van der Waals surface area contributed by atoms with E-state index >= 15 is 0 Å². The van der Waals surface area contributed by atoms with Gasteiger partial charge < -0.3 is 5.32 Å². The number of hydrogen-bond donors (Lipinski definition) is 1. The molecule has 0 bridgehead atoms. The lowest BCUT2D eigenvalue weighted by Crippen LogP contribution is -1.83. The molecule has 0 aliphatic carbocycles. The van der Waals surface area contributed by atoms with Gasteiger partial charge >= 0.3 is 0 Å². The fraction of sp³-hybridized carbons (Fsp3) is 0. The number of para-hydroxylation sites is 1. The highest BCUT2D eigenvalue weighted by atomic mass is 79.9. The smallest absolute Gasteiger partial charge is 0.0485 e. The highest BCUT2D eigenvalue weighted by molar-refractivity contribution is 9.10. The Kier molecular flexibility index (Phi) is 2.11. The normalized spacial score (nSPS) is 9.11. The second kappa shape index (κ2) is 2.87. The van der Waals surface area contributed by atoms with E-state index in [9.17, 15) is 0 Å². The van der Waals surface area contributed by atoms with Gasteiger partial charge in [-0.25, -0.2) is 0 Å². The van der Waals surface area contributed by atoms with E-state index in [4.69, 9.17) is 0 Å². The Bertz CT molecular complexity index is 198. The Balaban J connectivity index is 3.01. The van der Waals surface area contributed by atoms with Crippen LogP contribution in [-0.2, 0) is 0 Å². The summed E-state index contributed by atoms with van der Waals surface area (Å²) in [5.41, 5.74) is 1.01. The first kappa shape index (κ1) is 6.62. The summed E-state index contributed by atoms with van der Waals surface area (Å²) in [6.45, 7) is 0. The Morgan fingerprint density at radius 2 is 2.00 bits per heavy atom. The van der Waals surface area contributed by atoms with Crippen molar-refractivity contribution < 1.29 is 0 Å². The monoisotopic (exact) mass is 184 g/mol. The van der Waals surface area contributed by atoms with Crippen LogP contribution in [-0.4, -0.2) is 0 Å². The largest absolute Gasteiger partial charge is 0.382 e. The fourth-order valence-electron chi connectivity index (χ4n) is 0.605. The lowest BCUT2D eigenvalue weighted by molar-refractivity contribution is 1.55. The van der Waals surface area contributed by atoms with Gasteiger partial charge in [-0.05, 0) is 28.1 Å². The number of benzene rings is 1. The van der Waals surface area contributed by atoms with Crippen molar-refractivity contribution >= 4 is 21.6 Å². The highest BCUT2D eigenvalue weighted by Crippen LogP contribution is 2.20. The first-order chi connectivity index (χ1) is 4.34. The van der Waals surface area contributed by atoms with Gasteiger partial charge in [-0.1, -0.05) is 12.1 Å². The molecule has 0 fully saturated rings. The fourth-order valence-corrected chi connectivity index (χ4v) is 1.03. The molecule has 0 aliphatic heterocycles. The highest BCUT2D eigenvalue weighted by Gasteiger charge is 1.90. The summed E-state index contributed by atoms with van der Waals surface area (Å²) in [4.78, 5) is 0. The molecule has 0 atom stereocenters. The molecule has 9 heavy (non-hydrogen) atoms. The van der Waals surface area contributed by atoms with Gasteiger partial charge in [0, 0.05) is 17.2 Å². The lowest BCUT2D eigenvalue weighted by atomic mass is 10.3. The van der Waals surface area contributed by atoms with Crippen molar-refractivity contribution in [3.05, 3.63) is 35.8 Å². The molecule has 1 rings (SSSR count). The van der Waals surface area contributed by atoms with Crippen LogP contribution < -0.4 is 5.32 Å². The minimum atomic E-state index is 1.01. The molecular weight excluding hydrogens is 178 g/mol. The molecule has 1 nitrogen and oxygen atoms in total. The zero-order chi connectivity index (χ0) is 6.69. The van der Waals surface area contributed by atoms with Crippen molar-refractivity contribution in [3.8, 4) is 0 Å². The van der Waals surface area contributed by atoms with Crippen molar-refractivity contribution in [3.63, 3.8) is 0 Å². The molecule has 0 heterocycles. The predicted octanol–water partition coefficient (Wildman–Crippen LogP) is 2.65.